The molecule has 0 aromatic carbocycles. The Hall–Kier alpha value is 0.570. The molecule has 0 aromatic rings. The maximum absolute atomic E-state index is 5.57. The van der Waals surface area contributed by atoms with E-state index < -0.39 is 0 Å². The second kappa shape index (κ2) is 4.39. The van der Waals surface area contributed by atoms with E-state index in [-0.39, 0.29) is 24.4 Å². The van der Waals surface area contributed by atoms with Crippen molar-refractivity contribution in [3.63, 3.8) is 0 Å². The van der Waals surface area contributed by atoms with Crippen LogP contribution in [0.15, 0.2) is 0 Å². The van der Waals surface area contributed by atoms with E-state index in [1.54, 1.807) is 7.11 Å². The topological polar surface area (TPSA) is 36.9 Å². The van der Waals surface area contributed by atoms with E-state index in [0.29, 0.717) is 17.8 Å². The largest absolute Gasteiger partial charge is 0.376 e. The summed E-state index contributed by atoms with van der Waals surface area (Å²) in [5.74, 6) is 0. The highest BCUT2D eigenvalue weighted by molar-refractivity contribution is 14.1. The standard InChI is InChI=1S/C8H13IO4/c1-10-5-2-11-8-6(13-4-9)3-12-7(5)8/h5-8H,2-4H2,1H3. The molecule has 5 heteroatoms. The third-order valence-corrected chi connectivity index (χ3v) is 2.90. The number of hydrogen-bond donors (Lipinski definition) is 0. The number of halogens is 1. The first-order valence-electron chi connectivity index (χ1n) is 4.30. The molecule has 2 aliphatic heterocycles. The Morgan fingerprint density at radius 1 is 1.23 bits per heavy atom. The minimum Gasteiger partial charge on any atom is -0.376 e. The van der Waals surface area contributed by atoms with Crippen LogP contribution in [0, 0.1) is 0 Å². The number of alkyl halides is 1. The lowest BCUT2D eigenvalue weighted by Crippen LogP contribution is -2.33. The SMILES string of the molecule is COC1COC2C(OCI)COC12. The highest BCUT2D eigenvalue weighted by Gasteiger charge is 2.48. The molecule has 2 aliphatic rings. The van der Waals surface area contributed by atoms with E-state index >= 15 is 0 Å². The summed E-state index contributed by atoms with van der Waals surface area (Å²) < 4.78 is 22.5. The highest BCUT2D eigenvalue weighted by Crippen LogP contribution is 2.30. The van der Waals surface area contributed by atoms with Crippen LogP contribution in [-0.2, 0) is 18.9 Å². The lowest BCUT2D eigenvalue weighted by Gasteiger charge is -2.15. The number of methoxy groups -OCH3 is 1. The molecule has 0 amide bonds. The van der Waals surface area contributed by atoms with Gasteiger partial charge in [-0.05, 0) is 0 Å². The van der Waals surface area contributed by atoms with Gasteiger partial charge in [0, 0.05) is 7.11 Å². The van der Waals surface area contributed by atoms with Crippen LogP contribution in [0.25, 0.3) is 0 Å². The molecule has 4 atom stereocenters. The van der Waals surface area contributed by atoms with E-state index in [0.717, 1.165) is 0 Å². The van der Waals surface area contributed by atoms with E-state index in [4.69, 9.17) is 18.9 Å². The molecule has 0 saturated carbocycles. The second-order valence-electron chi connectivity index (χ2n) is 3.18. The Bertz CT molecular complexity index is 178. The molecule has 4 unspecified atom stereocenters. The van der Waals surface area contributed by atoms with Crippen LogP contribution in [0.4, 0.5) is 0 Å². The lowest BCUT2D eigenvalue weighted by atomic mass is 10.1. The number of rotatable bonds is 3. The molecule has 13 heavy (non-hydrogen) atoms. The van der Waals surface area contributed by atoms with Gasteiger partial charge in [0.25, 0.3) is 0 Å². The molecular formula is C8H13IO4. The summed E-state index contributed by atoms with van der Waals surface area (Å²) in [7, 11) is 1.69. The number of fused-ring (bicyclic) bond motifs is 1. The lowest BCUT2D eigenvalue weighted by molar-refractivity contribution is -0.0282. The zero-order valence-corrected chi connectivity index (χ0v) is 9.60. The first-order chi connectivity index (χ1) is 6.36. The summed E-state index contributed by atoms with van der Waals surface area (Å²) in [6.45, 7) is 1.24. The Kier molecular flexibility index (Phi) is 3.41. The maximum atomic E-state index is 5.57. The van der Waals surface area contributed by atoms with Gasteiger partial charge in [-0.25, -0.2) is 0 Å². The summed E-state index contributed by atoms with van der Waals surface area (Å²) in [6.07, 6.45) is 0.299. The number of ether oxygens (including phenoxy) is 4. The first kappa shape index (κ1) is 10.1. The second-order valence-corrected chi connectivity index (χ2v) is 3.81. The van der Waals surface area contributed by atoms with Gasteiger partial charge in [-0.15, -0.1) is 0 Å². The van der Waals surface area contributed by atoms with Crippen molar-refractivity contribution in [2.45, 2.75) is 24.4 Å². The molecule has 0 aliphatic carbocycles. The van der Waals surface area contributed by atoms with Crippen LogP contribution in [0.3, 0.4) is 0 Å². The molecule has 4 nitrogen and oxygen atoms in total. The monoisotopic (exact) mass is 300 g/mol. The van der Waals surface area contributed by atoms with Gasteiger partial charge in [-0.2, -0.15) is 0 Å². The fourth-order valence-electron chi connectivity index (χ4n) is 1.86. The zero-order valence-electron chi connectivity index (χ0n) is 7.44. The first-order valence-corrected chi connectivity index (χ1v) is 5.83. The predicted octanol–water partition coefficient (Wildman–Crippen LogP) is 0.577. The molecule has 0 spiro atoms. The van der Waals surface area contributed by atoms with E-state index in [1.807, 2.05) is 0 Å². The average Bonchev–Trinajstić information content (AvgIpc) is 2.68. The fourth-order valence-corrected chi connectivity index (χ4v) is 2.32. The van der Waals surface area contributed by atoms with Gasteiger partial charge in [0.2, 0.25) is 0 Å². The Balaban J connectivity index is 1.95. The van der Waals surface area contributed by atoms with Crippen molar-refractivity contribution in [1.82, 2.24) is 0 Å². The van der Waals surface area contributed by atoms with Crippen molar-refractivity contribution in [1.29, 1.82) is 0 Å². The zero-order chi connectivity index (χ0) is 9.26. The van der Waals surface area contributed by atoms with Crippen molar-refractivity contribution in [3.05, 3.63) is 0 Å². The van der Waals surface area contributed by atoms with Crippen molar-refractivity contribution >= 4 is 22.6 Å². The number of hydrogen-bond acceptors (Lipinski definition) is 4. The fraction of sp³-hybridized carbons (Fsp3) is 1.00. The Labute approximate surface area is 91.0 Å². The minimum absolute atomic E-state index is 0.0675. The smallest absolute Gasteiger partial charge is 0.115 e. The third-order valence-electron chi connectivity index (χ3n) is 2.54. The predicted molar refractivity (Wildman–Crippen MR) is 54.0 cm³/mol. The van der Waals surface area contributed by atoms with Crippen molar-refractivity contribution in [2.75, 3.05) is 24.9 Å². The summed E-state index contributed by atoms with van der Waals surface area (Å²) in [5, 5.41) is 0. The molecule has 0 bridgehead atoms. The quantitative estimate of drug-likeness (QED) is 0.564. The van der Waals surface area contributed by atoms with Crippen LogP contribution in [0.5, 0.6) is 0 Å². The molecule has 2 heterocycles. The van der Waals surface area contributed by atoms with Gasteiger partial charge in [0.1, 0.15) is 24.4 Å². The van der Waals surface area contributed by atoms with Crippen LogP contribution in [0.2, 0.25) is 0 Å². The van der Waals surface area contributed by atoms with E-state index in [1.165, 1.54) is 0 Å². The Morgan fingerprint density at radius 3 is 2.46 bits per heavy atom. The molecule has 76 valence electrons. The van der Waals surface area contributed by atoms with Crippen LogP contribution in [-0.4, -0.2) is 49.4 Å². The normalized spacial score (nSPS) is 43.8. The third kappa shape index (κ3) is 1.85. The highest BCUT2D eigenvalue weighted by atomic mass is 127. The molecular weight excluding hydrogens is 287 g/mol. The average molecular weight is 300 g/mol. The van der Waals surface area contributed by atoms with Gasteiger partial charge in [-0.1, -0.05) is 22.6 Å². The summed E-state index contributed by atoms with van der Waals surface area (Å²) in [5.41, 5.74) is 0. The van der Waals surface area contributed by atoms with E-state index in [2.05, 4.69) is 22.6 Å². The summed E-state index contributed by atoms with van der Waals surface area (Å²) in [6, 6.07) is 0. The van der Waals surface area contributed by atoms with Crippen molar-refractivity contribution in [2.24, 2.45) is 0 Å². The van der Waals surface area contributed by atoms with Crippen molar-refractivity contribution < 1.29 is 18.9 Å². The van der Waals surface area contributed by atoms with Crippen LogP contribution < -0.4 is 0 Å². The van der Waals surface area contributed by atoms with Crippen LogP contribution in [0.1, 0.15) is 0 Å². The molecule has 0 N–H and O–H groups in total. The summed E-state index contributed by atoms with van der Waals surface area (Å²) >= 11 is 2.18. The van der Waals surface area contributed by atoms with Gasteiger partial charge >= 0.3 is 0 Å². The van der Waals surface area contributed by atoms with Crippen molar-refractivity contribution in [3.8, 4) is 0 Å². The van der Waals surface area contributed by atoms with Gasteiger partial charge in [0.15, 0.2) is 0 Å². The maximum Gasteiger partial charge on any atom is 0.115 e. The summed E-state index contributed by atoms with van der Waals surface area (Å²) in [4.78, 5) is 0. The molecule has 0 aromatic heterocycles. The van der Waals surface area contributed by atoms with Gasteiger partial charge in [-0.3, -0.25) is 0 Å². The van der Waals surface area contributed by atoms with Crippen LogP contribution >= 0.6 is 22.6 Å². The minimum atomic E-state index is 0.0675. The molecule has 0 radical (unpaired) electrons. The van der Waals surface area contributed by atoms with E-state index in [9.17, 15) is 0 Å². The Morgan fingerprint density at radius 2 is 1.85 bits per heavy atom. The molecule has 2 fully saturated rings. The van der Waals surface area contributed by atoms with Gasteiger partial charge in [0.05, 0.1) is 17.8 Å². The molecule has 2 saturated heterocycles. The molecule has 2 rings (SSSR count). The van der Waals surface area contributed by atoms with Gasteiger partial charge < -0.3 is 18.9 Å².